The molecule has 0 saturated carbocycles. The second-order valence-corrected chi connectivity index (χ2v) is 7.79. The maximum atomic E-state index is 13.2. The summed E-state index contributed by atoms with van der Waals surface area (Å²) in [6.45, 7) is 10.7. The predicted molar refractivity (Wildman–Crippen MR) is 118 cm³/mol. The fourth-order valence-electron chi connectivity index (χ4n) is 3.59. The topological polar surface area (TPSA) is 76.0 Å². The lowest BCUT2D eigenvalue weighted by molar-refractivity contribution is 0.0735. The second-order valence-electron chi connectivity index (χ2n) is 7.41. The predicted octanol–water partition coefficient (Wildman–Crippen LogP) is 6.80. The Morgan fingerprint density at radius 3 is 2.37 bits per heavy atom. The van der Waals surface area contributed by atoms with Crippen molar-refractivity contribution in [1.82, 2.24) is 0 Å². The third-order valence-corrected chi connectivity index (χ3v) is 5.87. The summed E-state index contributed by atoms with van der Waals surface area (Å²) in [4.78, 5) is 13.2. The first-order valence-corrected chi connectivity index (χ1v) is 10.1. The van der Waals surface area contributed by atoms with Crippen molar-refractivity contribution in [3.63, 3.8) is 0 Å². The average molecular weight is 429 g/mol. The molecule has 6 heteroatoms. The molecule has 2 aromatic rings. The van der Waals surface area contributed by atoms with Crippen LogP contribution >= 0.6 is 11.6 Å². The smallest absolute Gasteiger partial charge is 0.348 e. The van der Waals surface area contributed by atoms with Gasteiger partial charge in [0.1, 0.15) is 22.8 Å². The number of halogens is 1. The molecular weight excluding hydrogens is 404 g/mol. The Hall–Kier alpha value is -2.92. The number of ether oxygens (including phenoxy) is 2. The molecule has 1 atom stereocenters. The Balaban J connectivity index is 2.42. The quantitative estimate of drug-likeness (QED) is 0.319. The van der Waals surface area contributed by atoms with E-state index in [1.807, 2.05) is 45.9 Å². The summed E-state index contributed by atoms with van der Waals surface area (Å²) in [6.07, 6.45) is 5.60. The SMILES string of the molecule is CC=CC(C)c1c(Cl)c(O)c(C)c2c1Oc1c(C)c(O)cc(C(C)=CC)c1C(=O)O2. The van der Waals surface area contributed by atoms with Crippen LogP contribution in [0.15, 0.2) is 24.3 Å². The van der Waals surface area contributed by atoms with Gasteiger partial charge in [-0.15, -0.1) is 0 Å². The molecule has 0 spiro atoms. The second kappa shape index (κ2) is 8.07. The van der Waals surface area contributed by atoms with Gasteiger partial charge in [-0.05, 0) is 51.8 Å². The molecule has 1 aliphatic rings. The lowest BCUT2D eigenvalue weighted by Crippen LogP contribution is -2.11. The lowest BCUT2D eigenvalue weighted by Gasteiger charge is -2.21. The molecule has 1 unspecified atom stereocenters. The number of rotatable bonds is 3. The number of fused-ring (bicyclic) bond motifs is 2. The molecule has 0 fully saturated rings. The molecular formula is C24H25ClO5. The van der Waals surface area contributed by atoms with Crippen LogP contribution in [0.25, 0.3) is 5.57 Å². The first-order valence-electron chi connectivity index (χ1n) is 9.71. The number of carbonyl (C=O) groups is 1. The van der Waals surface area contributed by atoms with E-state index in [-0.39, 0.29) is 45.3 Å². The van der Waals surface area contributed by atoms with E-state index in [4.69, 9.17) is 21.1 Å². The number of phenolic OH excluding ortho intramolecular Hbond substituents is 2. The van der Waals surface area contributed by atoms with Crippen molar-refractivity contribution in [3.8, 4) is 28.7 Å². The van der Waals surface area contributed by atoms with Gasteiger partial charge in [0.2, 0.25) is 0 Å². The van der Waals surface area contributed by atoms with Gasteiger partial charge in [-0.25, -0.2) is 4.79 Å². The molecule has 0 aliphatic carbocycles. The van der Waals surface area contributed by atoms with Crippen LogP contribution in [0.1, 0.15) is 66.2 Å². The van der Waals surface area contributed by atoms with Gasteiger partial charge in [-0.3, -0.25) is 0 Å². The minimum atomic E-state index is -0.627. The van der Waals surface area contributed by atoms with E-state index < -0.39 is 5.97 Å². The number of hydrogen-bond donors (Lipinski definition) is 2. The molecule has 2 N–H and O–H groups in total. The van der Waals surface area contributed by atoms with E-state index in [0.29, 0.717) is 22.3 Å². The number of phenols is 2. The minimum absolute atomic E-state index is 0.00542. The van der Waals surface area contributed by atoms with Crippen LogP contribution in [-0.4, -0.2) is 16.2 Å². The molecule has 30 heavy (non-hydrogen) atoms. The highest BCUT2D eigenvalue weighted by molar-refractivity contribution is 6.33. The van der Waals surface area contributed by atoms with Crippen molar-refractivity contribution in [1.29, 1.82) is 0 Å². The van der Waals surface area contributed by atoms with Crippen LogP contribution in [0.2, 0.25) is 5.02 Å². The molecule has 2 aromatic carbocycles. The number of allylic oxidation sites excluding steroid dienone is 4. The summed E-state index contributed by atoms with van der Waals surface area (Å²) in [5.74, 6) is -0.419. The van der Waals surface area contributed by atoms with E-state index in [0.717, 1.165) is 5.57 Å². The number of esters is 1. The van der Waals surface area contributed by atoms with Crippen molar-refractivity contribution in [2.45, 2.75) is 47.5 Å². The Morgan fingerprint density at radius 1 is 1.10 bits per heavy atom. The average Bonchev–Trinajstić information content (AvgIpc) is 2.86. The maximum Gasteiger partial charge on any atom is 0.348 e. The highest BCUT2D eigenvalue weighted by Gasteiger charge is 2.35. The number of carbonyl (C=O) groups excluding carboxylic acids is 1. The summed E-state index contributed by atoms with van der Waals surface area (Å²) < 4.78 is 12.0. The number of aromatic hydroxyl groups is 2. The summed E-state index contributed by atoms with van der Waals surface area (Å²) in [7, 11) is 0. The Kier molecular flexibility index (Phi) is 5.86. The van der Waals surface area contributed by atoms with Gasteiger partial charge in [0.25, 0.3) is 0 Å². The van der Waals surface area contributed by atoms with Crippen molar-refractivity contribution >= 4 is 23.1 Å². The van der Waals surface area contributed by atoms with Gasteiger partial charge in [0, 0.05) is 22.6 Å². The Labute approximate surface area is 181 Å². The van der Waals surface area contributed by atoms with Gasteiger partial charge in [0.05, 0.1) is 5.02 Å². The van der Waals surface area contributed by atoms with Crippen LogP contribution in [0.5, 0.6) is 28.7 Å². The molecule has 3 rings (SSSR count). The van der Waals surface area contributed by atoms with Crippen LogP contribution in [0.3, 0.4) is 0 Å². The maximum absolute atomic E-state index is 13.2. The molecule has 1 heterocycles. The first-order chi connectivity index (χ1) is 14.1. The van der Waals surface area contributed by atoms with Crippen LogP contribution in [0.4, 0.5) is 0 Å². The third kappa shape index (κ3) is 3.33. The summed E-state index contributed by atoms with van der Waals surface area (Å²) in [5, 5.41) is 21.2. The number of hydrogen-bond acceptors (Lipinski definition) is 5. The van der Waals surface area contributed by atoms with Crippen molar-refractivity contribution < 1.29 is 24.5 Å². The van der Waals surface area contributed by atoms with Crippen LogP contribution < -0.4 is 9.47 Å². The largest absolute Gasteiger partial charge is 0.508 e. The normalized spacial score (nSPS) is 14.6. The molecule has 0 amide bonds. The monoisotopic (exact) mass is 428 g/mol. The van der Waals surface area contributed by atoms with Crippen molar-refractivity contribution in [2.24, 2.45) is 0 Å². The third-order valence-electron chi connectivity index (χ3n) is 5.49. The van der Waals surface area contributed by atoms with Gasteiger partial charge >= 0.3 is 5.97 Å². The molecule has 0 saturated heterocycles. The zero-order valence-corrected chi connectivity index (χ0v) is 18.6. The minimum Gasteiger partial charge on any atom is -0.508 e. The van der Waals surface area contributed by atoms with Gasteiger partial charge in [-0.1, -0.05) is 36.8 Å². The van der Waals surface area contributed by atoms with Crippen molar-refractivity contribution in [2.75, 3.05) is 0 Å². The van der Waals surface area contributed by atoms with Gasteiger partial charge < -0.3 is 19.7 Å². The number of benzene rings is 2. The van der Waals surface area contributed by atoms with Crippen molar-refractivity contribution in [3.05, 3.63) is 57.1 Å². The first kappa shape index (κ1) is 21.8. The summed E-state index contributed by atoms with van der Waals surface area (Å²) in [6, 6.07) is 1.53. The fourth-order valence-corrected chi connectivity index (χ4v) is 3.99. The summed E-state index contributed by atoms with van der Waals surface area (Å²) >= 11 is 6.50. The molecule has 0 aromatic heterocycles. The zero-order chi connectivity index (χ0) is 22.3. The standard InChI is InChI=1S/C24H25ClO5/c1-7-9-12(4)17-19(25)20(27)14(6)22-23(17)29-21-13(5)16(26)10-15(11(3)8-2)18(21)24(28)30-22/h7-10,12,26-27H,1-6H3. The Bertz CT molecular complexity index is 1110. The fraction of sp³-hybridized carbons (Fsp3) is 0.292. The molecule has 0 bridgehead atoms. The van der Waals surface area contributed by atoms with E-state index in [2.05, 4.69) is 0 Å². The summed E-state index contributed by atoms with van der Waals surface area (Å²) in [5.41, 5.74) is 2.74. The highest BCUT2D eigenvalue weighted by atomic mass is 35.5. The van der Waals surface area contributed by atoms with E-state index in [1.54, 1.807) is 13.8 Å². The Morgan fingerprint density at radius 2 is 1.77 bits per heavy atom. The van der Waals surface area contributed by atoms with Crippen LogP contribution in [-0.2, 0) is 0 Å². The molecule has 158 valence electrons. The molecule has 1 aliphatic heterocycles. The van der Waals surface area contributed by atoms with Gasteiger partial charge in [-0.2, -0.15) is 0 Å². The van der Waals surface area contributed by atoms with E-state index in [9.17, 15) is 15.0 Å². The highest BCUT2D eigenvalue weighted by Crippen LogP contribution is 2.53. The molecule has 5 nitrogen and oxygen atoms in total. The van der Waals surface area contributed by atoms with E-state index >= 15 is 0 Å². The van der Waals surface area contributed by atoms with Gasteiger partial charge in [0.15, 0.2) is 11.5 Å². The zero-order valence-electron chi connectivity index (χ0n) is 17.9. The van der Waals surface area contributed by atoms with Crippen LogP contribution in [0, 0.1) is 13.8 Å². The lowest BCUT2D eigenvalue weighted by atomic mass is 9.95. The van der Waals surface area contributed by atoms with E-state index in [1.165, 1.54) is 6.07 Å². The molecule has 0 radical (unpaired) electrons.